The summed E-state index contributed by atoms with van der Waals surface area (Å²) < 4.78 is 47.0. The van der Waals surface area contributed by atoms with Crippen LogP contribution in [0.25, 0.3) is 0 Å². The number of aliphatic hydroxyl groups is 1. The number of carbonyl (C=O) groups excluding carboxylic acids is 6. The number of hydrogen-bond donors (Lipinski definition) is 1. The van der Waals surface area contributed by atoms with E-state index in [-0.39, 0.29) is 23.7 Å². The highest BCUT2D eigenvalue weighted by atomic mass is 28.4. The van der Waals surface area contributed by atoms with E-state index in [1.54, 1.807) is 88.4 Å². The summed E-state index contributed by atoms with van der Waals surface area (Å²) in [5.41, 5.74) is -6.12. The predicted molar refractivity (Wildman–Crippen MR) is 282 cm³/mol. The molecule has 2 bridgehead atoms. The average molecular weight is 1060 g/mol. The van der Waals surface area contributed by atoms with Crippen molar-refractivity contribution in [2.45, 2.75) is 212 Å². The van der Waals surface area contributed by atoms with Gasteiger partial charge in [0, 0.05) is 24.7 Å². The Balaban J connectivity index is 1.49. The molecular weight excluding hydrogens is 979 g/mol. The third-order valence-corrected chi connectivity index (χ3v) is 27.4. The highest BCUT2D eigenvalue weighted by Crippen LogP contribution is 2.71. The Morgan fingerprint density at radius 1 is 0.824 bits per heavy atom. The molecule has 15 nitrogen and oxygen atoms in total. The molecule has 0 aromatic heterocycles. The van der Waals surface area contributed by atoms with Gasteiger partial charge >= 0.3 is 24.0 Å². The standard InChI is InChI=1S/C57H81NO14Si2/c1-15-73(16-2,17-3)71-41-31-39-32-56(39,69-36(8)60)47-49(68-50(62)38-29-25-22-26-30-38)57(65)33-40(35(7)43(54(57,12)13)45(48(61)55(41,47)14)72-74(18-4,19-5)20-6)66-51(63)46-44(37-27-23-21-24-28-37)58(42(34-59)67-46)52(64)70-53(9,10)11/h21-30,34,39-42,44-47,49,65H,15-20,31-33H2,1-14H3/t39?,40-,41-,42+,44-,45+,46+,47-,49-,55+,56-,57+/m0/s1. The van der Waals surface area contributed by atoms with Gasteiger partial charge in [0.25, 0.3) is 0 Å². The Kier molecular flexibility index (Phi) is 16.3. The molecule has 4 fully saturated rings. The van der Waals surface area contributed by atoms with Gasteiger partial charge in [-0.05, 0) is 113 Å². The topological polar surface area (TPSA) is 190 Å². The summed E-state index contributed by atoms with van der Waals surface area (Å²) in [5, 5.41) is 14.5. The maximum atomic E-state index is 17.0. The van der Waals surface area contributed by atoms with Gasteiger partial charge in [0.2, 0.25) is 0 Å². The quantitative estimate of drug-likeness (QED) is 0.0518. The molecule has 12 atom stereocenters. The second kappa shape index (κ2) is 21.1. The Labute approximate surface area is 440 Å². The molecule has 1 saturated heterocycles. The van der Waals surface area contributed by atoms with Crippen LogP contribution in [-0.2, 0) is 51.7 Å². The number of nitrogens with zero attached hydrogens (tertiary/aromatic N) is 1. The molecule has 0 spiro atoms. The first kappa shape index (κ1) is 57.2. The molecule has 7 rings (SSSR count). The van der Waals surface area contributed by atoms with Crippen molar-refractivity contribution in [3.63, 3.8) is 0 Å². The number of esters is 3. The highest BCUT2D eigenvalue weighted by molar-refractivity contribution is 6.74. The van der Waals surface area contributed by atoms with Crippen LogP contribution in [0, 0.1) is 22.7 Å². The van der Waals surface area contributed by atoms with E-state index in [4.69, 9.17) is 32.5 Å². The molecule has 1 aliphatic heterocycles. The summed E-state index contributed by atoms with van der Waals surface area (Å²) in [5.74, 6) is -4.18. The minimum absolute atomic E-state index is 0.192. The Bertz CT molecular complexity index is 2450. The van der Waals surface area contributed by atoms with Crippen molar-refractivity contribution in [1.29, 1.82) is 0 Å². The Morgan fingerprint density at radius 3 is 1.91 bits per heavy atom. The van der Waals surface area contributed by atoms with E-state index >= 15 is 9.59 Å². The van der Waals surface area contributed by atoms with Crippen LogP contribution in [0.4, 0.5) is 4.79 Å². The molecule has 74 heavy (non-hydrogen) atoms. The SMILES string of the molecule is CC[Si](CC)(CC)O[C@H]1C(=O)[C@]2(C)[C@@H](O[Si](CC)(CC)CC)CC3C[C@@]3(OC(C)=O)[C@H]2[C@H](OC(=O)c2ccccc2)[C@]2(O)C[C@H](OC(=O)[C@@H]3O[C@H](C=O)N(C(=O)OC(C)(C)C)[C@H]3c3ccccc3)C(C)=C1C2(C)C. The maximum Gasteiger partial charge on any atom is 0.413 e. The molecule has 406 valence electrons. The molecule has 1 heterocycles. The summed E-state index contributed by atoms with van der Waals surface area (Å²) in [6.07, 6.45) is -8.22. The first-order valence-electron chi connectivity index (χ1n) is 26.9. The lowest BCUT2D eigenvalue weighted by atomic mass is 9.47. The fourth-order valence-electron chi connectivity index (χ4n) is 13.3. The second-order valence-electron chi connectivity index (χ2n) is 23.2. The van der Waals surface area contributed by atoms with E-state index in [1.165, 1.54) is 6.92 Å². The van der Waals surface area contributed by atoms with E-state index in [9.17, 15) is 24.3 Å². The number of benzene rings is 2. The van der Waals surface area contributed by atoms with Crippen LogP contribution in [0.3, 0.4) is 0 Å². The summed E-state index contributed by atoms with van der Waals surface area (Å²) in [6, 6.07) is 20.2. The van der Waals surface area contributed by atoms with Gasteiger partial charge in [0.05, 0.1) is 23.0 Å². The number of hydrogen-bond acceptors (Lipinski definition) is 14. The van der Waals surface area contributed by atoms with Crippen LogP contribution >= 0.6 is 0 Å². The lowest BCUT2D eigenvalue weighted by Gasteiger charge is -2.63. The van der Waals surface area contributed by atoms with Crippen molar-refractivity contribution in [2.75, 3.05) is 0 Å². The molecule has 0 radical (unpaired) electrons. The minimum Gasteiger partial charge on any atom is -0.458 e. The van der Waals surface area contributed by atoms with E-state index in [0.29, 0.717) is 54.0 Å². The van der Waals surface area contributed by atoms with Crippen molar-refractivity contribution in [1.82, 2.24) is 4.90 Å². The number of ether oxygens (including phenoxy) is 5. The van der Waals surface area contributed by atoms with Crippen LogP contribution in [0.1, 0.15) is 138 Å². The third-order valence-electron chi connectivity index (χ3n) is 18.1. The van der Waals surface area contributed by atoms with Gasteiger partial charge in [-0.15, -0.1) is 0 Å². The first-order chi connectivity index (χ1) is 34.8. The van der Waals surface area contributed by atoms with E-state index < -0.39 is 117 Å². The lowest BCUT2D eigenvalue weighted by Crippen LogP contribution is -2.74. The number of amides is 1. The van der Waals surface area contributed by atoms with Gasteiger partial charge in [-0.2, -0.15) is 0 Å². The maximum absolute atomic E-state index is 17.0. The number of carbonyl (C=O) groups is 6. The number of fused-ring (bicyclic) bond motifs is 5. The molecule has 2 aromatic rings. The van der Waals surface area contributed by atoms with Crippen LogP contribution in [0.2, 0.25) is 36.3 Å². The van der Waals surface area contributed by atoms with Crippen molar-refractivity contribution in [3.8, 4) is 0 Å². The molecule has 2 aromatic carbocycles. The van der Waals surface area contributed by atoms with Gasteiger partial charge < -0.3 is 37.6 Å². The Hall–Kier alpha value is -4.53. The van der Waals surface area contributed by atoms with Crippen molar-refractivity contribution >= 4 is 52.7 Å². The fourth-order valence-corrected chi connectivity index (χ4v) is 19.0. The molecule has 1 amide bonds. The zero-order valence-corrected chi connectivity index (χ0v) is 48.1. The minimum atomic E-state index is -2.79. The van der Waals surface area contributed by atoms with E-state index in [1.807, 2.05) is 20.8 Å². The molecule has 1 N–H and O–H groups in total. The predicted octanol–water partition coefficient (Wildman–Crippen LogP) is 10.2. The summed E-state index contributed by atoms with van der Waals surface area (Å²) in [6.45, 7) is 26.2. The lowest BCUT2D eigenvalue weighted by molar-refractivity contribution is -0.244. The van der Waals surface area contributed by atoms with E-state index in [0.717, 1.165) is 23.0 Å². The van der Waals surface area contributed by atoms with Crippen LogP contribution in [0.15, 0.2) is 71.8 Å². The molecule has 1 unspecified atom stereocenters. The van der Waals surface area contributed by atoms with Gasteiger partial charge in [-0.1, -0.05) is 104 Å². The summed E-state index contributed by atoms with van der Waals surface area (Å²) in [4.78, 5) is 88.6. The molecule has 5 aliphatic rings. The number of aldehydes is 1. The van der Waals surface area contributed by atoms with Gasteiger partial charge in [-0.25, -0.2) is 14.4 Å². The third kappa shape index (κ3) is 9.79. The van der Waals surface area contributed by atoms with Crippen molar-refractivity contribution < 1.29 is 66.4 Å². The number of rotatable bonds is 17. The van der Waals surface area contributed by atoms with Gasteiger partial charge in [0.1, 0.15) is 41.2 Å². The zero-order valence-electron chi connectivity index (χ0n) is 46.1. The zero-order chi connectivity index (χ0) is 54.6. The molecular formula is C57H81NO14Si2. The van der Waals surface area contributed by atoms with Crippen LogP contribution in [-0.4, -0.2) is 116 Å². The number of ketones is 1. The summed E-state index contributed by atoms with van der Waals surface area (Å²) >= 11 is 0. The molecule has 3 saturated carbocycles. The molecule has 17 heteroatoms. The van der Waals surface area contributed by atoms with Gasteiger partial charge in [0.15, 0.2) is 41.0 Å². The van der Waals surface area contributed by atoms with Crippen LogP contribution in [0.5, 0.6) is 0 Å². The fraction of sp³-hybridized carbons (Fsp3) is 0.649. The largest absolute Gasteiger partial charge is 0.458 e. The summed E-state index contributed by atoms with van der Waals surface area (Å²) in [7, 11) is -5.34. The first-order valence-corrected chi connectivity index (χ1v) is 32.0. The number of Topliss-reactive ketones (excluding diaryl/α,β-unsaturated/α-hetero) is 1. The van der Waals surface area contributed by atoms with Crippen molar-refractivity contribution in [3.05, 3.63) is 82.9 Å². The molecule has 4 aliphatic carbocycles. The van der Waals surface area contributed by atoms with E-state index in [2.05, 4.69) is 41.5 Å². The Morgan fingerprint density at radius 2 is 1.38 bits per heavy atom. The van der Waals surface area contributed by atoms with Crippen molar-refractivity contribution in [2.24, 2.45) is 22.7 Å². The highest BCUT2D eigenvalue weighted by Gasteiger charge is 2.81. The second-order valence-corrected chi connectivity index (χ2v) is 32.6. The van der Waals surface area contributed by atoms with Gasteiger partial charge in [-0.3, -0.25) is 19.3 Å². The average Bonchev–Trinajstić information content (AvgIpc) is 3.90. The smallest absolute Gasteiger partial charge is 0.413 e. The monoisotopic (exact) mass is 1060 g/mol. The van der Waals surface area contributed by atoms with Crippen LogP contribution < -0.4 is 0 Å². The normalized spacial score (nSPS) is 32.6.